The summed E-state index contributed by atoms with van der Waals surface area (Å²) in [5, 5.41) is 8.90. The summed E-state index contributed by atoms with van der Waals surface area (Å²) in [6, 6.07) is 1.67. The van der Waals surface area contributed by atoms with Crippen LogP contribution in [-0.4, -0.2) is 35.1 Å². The van der Waals surface area contributed by atoms with Gasteiger partial charge in [0.05, 0.1) is 17.9 Å². The number of aliphatic hydroxyl groups excluding tert-OH is 1. The molecule has 0 radical (unpaired) electrons. The molecule has 1 aromatic carbocycles. The second-order valence-electron chi connectivity index (χ2n) is 4.31. The Bertz CT molecular complexity index is 475. The van der Waals surface area contributed by atoms with Crippen molar-refractivity contribution < 1.29 is 18.7 Å². The fraction of sp³-hybridized carbons (Fsp3) is 0.417. The number of nitrogens with two attached hydrogens (primary N) is 1. The van der Waals surface area contributed by atoms with Crippen LogP contribution in [-0.2, 0) is 0 Å². The molecule has 18 heavy (non-hydrogen) atoms. The predicted molar refractivity (Wildman–Crippen MR) is 61.9 cm³/mol. The molecule has 3 N–H and O–H groups in total. The zero-order valence-electron chi connectivity index (χ0n) is 9.70. The zero-order valence-corrected chi connectivity index (χ0v) is 9.70. The Morgan fingerprint density at radius 1 is 1.44 bits per heavy atom. The van der Waals surface area contributed by atoms with Gasteiger partial charge in [-0.2, -0.15) is 0 Å². The second kappa shape index (κ2) is 4.89. The lowest BCUT2D eigenvalue weighted by atomic mass is 10.1. The lowest BCUT2D eigenvalue weighted by Crippen LogP contribution is -2.36. The van der Waals surface area contributed by atoms with E-state index in [2.05, 4.69) is 0 Å². The number of nitrogens with zero attached hydrogens (tertiary/aromatic N) is 1. The van der Waals surface area contributed by atoms with Crippen molar-refractivity contribution in [1.29, 1.82) is 0 Å². The Kier molecular flexibility index (Phi) is 3.47. The van der Waals surface area contributed by atoms with Gasteiger partial charge in [0.15, 0.2) is 5.82 Å². The Labute approximate surface area is 103 Å². The first-order valence-corrected chi connectivity index (χ1v) is 5.71. The summed E-state index contributed by atoms with van der Waals surface area (Å²) in [6.07, 6.45) is 1.64. The van der Waals surface area contributed by atoms with E-state index in [0.29, 0.717) is 0 Å². The summed E-state index contributed by atoms with van der Waals surface area (Å²) in [5.74, 6) is -2.29. The third kappa shape index (κ3) is 2.43. The van der Waals surface area contributed by atoms with Gasteiger partial charge in [0.1, 0.15) is 5.82 Å². The molecule has 1 aromatic rings. The summed E-state index contributed by atoms with van der Waals surface area (Å²) >= 11 is 0. The van der Waals surface area contributed by atoms with Crippen molar-refractivity contribution >= 4 is 11.6 Å². The number of benzene rings is 1. The molecule has 4 nitrogen and oxygen atoms in total. The third-order valence-corrected chi connectivity index (χ3v) is 2.89. The molecule has 0 heterocycles. The number of aliphatic hydroxyl groups is 1. The van der Waals surface area contributed by atoms with E-state index in [-0.39, 0.29) is 24.8 Å². The molecule has 0 spiro atoms. The average molecular weight is 256 g/mol. The quantitative estimate of drug-likeness (QED) is 0.794. The SMILES string of the molecule is Nc1cc(F)cc(C(=O)N(CCO)C2CC2)c1F. The minimum atomic E-state index is -0.912. The largest absolute Gasteiger partial charge is 0.396 e. The van der Waals surface area contributed by atoms with Crippen molar-refractivity contribution in [2.45, 2.75) is 18.9 Å². The van der Waals surface area contributed by atoms with Crippen LogP contribution in [0.5, 0.6) is 0 Å². The molecule has 0 aliphatic heterocycles. The highest BCUT2D eigenvalue weighted by atomic mass is 19.1. The summed E-state index contributed by atoms with van der Waals surface area (Å²) in [4.78, 5) is 13.5. The number of carbonyl (C=O) groups is 1. The normalized spacial score (nSPS) is 14.6. The van der Waals surface area contributed by atoms with Crippen molar-refractivity contribution in [1.82, 2.24) is 4.90 Å². The van der Waals surface area contributed by atoms with Gasteiger partial charge >= 0.3 is 0 Å². The molecular weight excluding hydrogens is 242 g/mol. The van der Waals surface area contributed by atoms with Gasteiger partial charge in [-0.05, 0) is 25.0 Å². The molecule has 0 aromatic heterocycles. The number of halogens is 2. The highest BCUT2D eigenvalue weighted by molar-refractivity contribution is 5.95. The Hall–Kier alpha value is -1.69. The van der Waals surface area contributed by atoms with Gasteiger partial charge in [-0.3, -0.25) is 4.79 Å². The van der Waals surface area contributed by atoms with E-state index in [0.717, 1.165) is 25.0 Å². The Morgan fingerprint density at radius 2 is 2.11 bits per heavy atom. The first-order valence-electron chi connectivity index (χ1n) is 5.71. The van der Waals surface area contributed by atoms with E-state index >= 15 is 0 Å². The van der Waals surface area contributed by atoms with Crippen molar-refractivity contribution in [3.05, 3.63) is 29.3 Å². The zero-order chi connectivity index (χ0) is 13.3. The molecule has 1 fully saturated rings. The van der Waals surface area contributed by atoms with Gasteiger partial charge in [-0.1, -0.05) is 0 Å². The maximum Gasteiger partial charge on any atom is 0.257 e. The molecule has 0 unspecified atom stereocenters. The van der Waals surface area contributed by atoms with Crippen LogP contribution in [0.15, 0.2) is 12.1 Å². The molecule has 1 aliphatic rings. The highest BCUT2D eigenvalue weighted by Crippen LogP contribution is 2.29. The van der Waals surface area contributed by atoms with Crippen molar-refractivity contribution in [3.63, 3.8) is 0 Å². The van der Waals surface area contributed by atoms with Crippen LogP contribution in [0.3, 0.4) is 0 Å². The summed E-state index contributed by atoms with van der Waals surface area (Å²) < 4.78 is 26.9. The van der Waals surface area contributed by atoms with Crippen molar-refractivity contribution in [2.75, 3.05) is 18.9 Å². The van der Waals surface area contributed by atoms with Gasteiger partial charge in [0.25, 0.3) is 5.91 Å². The first-order chi connectivity index (χ1) is 8.54. The van der Waals surface area contributed by atoms with Crippen molar-refractivity contribution in [3.8, 4) is 0 Å². The van der Waals surface area contributed by atoms with Gasteiger partial charge in [0.2, 0.25) is 0 Å². The van der Waals surface area contributed by atoms with Crippen LogP contribution in [0.2, 0.25) is 0 Å². The lowest BCUT2D eigenvalue weighted by Gasteiger charge is -2.21. The van der Waals surface area contributed by atoms with E-state index in [1.807, 2.05) is 0 Å². The van der Waals surface area contributed by atoms with Gasteiger partial charge in [0, 0.05) is 12.6 Å². The van der Waals surface area contributed by atoms with Gasteiger partial charge < -0.3 is 15.7 Å². The summed E-state index contributed by atoms with van der Waals surface area (Å²) in [6.45, 7) is -0.103. The standard InChI is InChI=1S/C12H14F2N2O2/c13-7-5-9(11(14)10(15)6-7)12(18)16(3-4-17)8-1-2-8/h5-6,8,17H,1-4,15H2. The molecular formula is C12H14F2N2O2. The van der Waals surface area contributed by atoms with E-state index < -0.39 is 23.2 Å². The summed E-state index contributed by atoms with van der Waals surface area (Å²) in [5.41, 5.74) is 4.52. The topological polar surface area (TPSA) is 66.6 Å². The molecule has 1 amide bonds. The molecule has 2 rings (SSSR count). The van der Waals surface area contributed by atoms with Gasteiger partial charge in [-0.25, -0.2) is 8.78 Å². The van der Waals surface area contributed by atoms with Gasteiger partial charge in [-0.15, -0.1) is 0 Å². The molecule has 1 aliphatic carbocycles. The maximum absolute atomic E-state index is 13.7. The smallest absolute Gasteiger partial charge is 0.257 e. The number of nitrogen functional groups attached to an aromatic ring is 1. The number of amides is 1. The summed E-state index contributed by atoms with van der Waals surface area (Å²) in [7, 11) is 0. The number of rotatable bonds is 4. The van der Waals surface area contributed by atoms with E-state index in [1.54, 1.807) is 0 Å². The lowest BCUT2D eigenvalue weighted by molar-refractivity contribution is 0.0702. The number of anilines is 1. The van der Waals surface area contributed by atoms with Crippen LogP contribution in [0.4, 0.5) is 14.5 Å². The van der Waals surface area contributed by atoms with Crippen LogP contribution in [0.1, 0.15) is 23.2 Å². The third-order valence-electron chi connectivity index (χ3n) is 2.89. The molecule has 0 saturated heterocycles. The Morgan fingerprint density at radius 3 is 2.67 bits per heavy atom. The van der Waals surface area contributed by atoms with Crippen molar-refractivity contribution in [2.24, 2.45) is 0 Å². The second-order valence-corrected chi connectivity index (χ2v) is 4.31. The van der Waals surface area contributed by atoms with Crippen LogP contribution >= 0.6 is 0 Å². The highest BCUT2D eigenvalue weighted by Gasteiger charge is 2.34. The molecule has 1 saturated carbocycles. The minimum absolute atomic E-state index is 0.00791. The minimum Gasteiger partial charge on any atom is -0.396 e. The maximum atomic E-state index is 13.7. The molecule has 98 valence electrons. The van der Waals surface area contributed by atoms with Crippen LogP contribution in [0.25, 0.3) is 0 Å². The fourth-order valence-electron chi connectivity index (χ4n) is 1.86. The molecule has 0 atom stereocenters. The average Bonchev–Trinajstić information content (AvgIpc) is 3.14. The monoisotopic (exact) mass is 256 g/mol. The van der Waals surface area contributed by atoms with E-state index in [9.17, 15) is 13.6 Å². The Balaban J connectivity index is 2.31. The predicted octanol–water partition coefficient (Wildman–Crippen LogP) is 1.14. The van der Waals surface area contributed by atoms with E-state index in [4.69, 9.17) is 10.8 Å². The first kappa shape index (κ1) is 12.8. The fourth-order valence-corrected chi connectivity index (χ4v) is 1.86. The van der Waals surface area contributed by atoms with Crippen LogP contribution < -0.4 is 5.73 Å². The molecule has 6 heteroatoms. The number of hydrogen-bond donors (Lipinski definition) is 2. The number of carbonyl (C=O) groups excluding carboxylic acids is 1. The van der Waals surface area contributed by atoms with E-state index in [1.165, 1.54) is 4.90 Å². The molecule has 0 bridgehead atoms. The van der Waals surface area contributed by atoms with Crippen LogP contribution in [0, 0.1) is 11.6 Å². The number of hydrogen-bond acceptors (Lipinski definition) is 3.